The topological polar surface area (TPSA) is 41.5 Å². The first-order chi connectivity index (χ1) is 8.35. The molecule has 0 aromatic rings. The Morgan fingerprint density at radius 2 is 2.06 bits per heavy atom. The van der Waals surface area contributed by atoms with E-state index in [0.717, 1.165) is 5.92 Å². The fourth-order valence-corrected chi connectivity index (χ4v) is 4.90. The first kappa shape index (κ1) is 12.2. The van der Waals surface area contributed by atoms with Crippen LogP contribution in [0.4, 0.5) is 0 Å². The highest BCUT2D eigenvalue weighted by Crippen LogP contribution is 2.56. The fourth-order valence-electron chi connectivity index (χ4n) is 4.90. The molecule has 1 amide bonds. The molecule has 0 aromatic carbocycles. The summed E-state index contributed by atoms with van der Waals surface area (Å²) < 4.78 is 0. The second-order valence-electron chi connectivity index (χ2n) is 7.03. The van der Waals surface area contributed by atoms with Gasteiger partial charge in [0.1, 0.15) is 0 Å². The summed E-state index contributed by atoms with van der Waals surface area (Å²) in [5.41, 5.74) is 1.38. The van der Waals surface area contributed by atoms with Gasteiger partial charge in [-0.05, 0) is 58.3 Å². The van der Waals surface area contributed by atoms with Crippen LogP contribution in [0.3, 0.4) is 0 Å². The van der Waals surface area contributed by atoms with Crippen LogP contribution in [0.2, 0.25) is 0 Å². The summed E-state index contributed by atoms with van der Waals surface area (Å²) in [6.45, 7) is 8.37. The minimum absolute atomic E-state index is 0.0718. The Balaban J connectivity index is 2.04. The predicted octanol–water partition coefficient (Wildman–Crippen LogP) is 2.55. The van der Waals surface area contributed by atoms with E-state index in [1.165, 1.54) is 31.4 Å². The molecule has 3 nitrogen and oxygen atoms in total. The molecule has 0 unspecified atom stereocenters. The second-order valence-corrected chi connectivity index (χ2v) is 7.03. The molecule has 0 spiro atoms. The Labute approximate surface area is 109 Å². The Morgan fingerprint density at radius 1 is 1.33 bits per heavy atom. The number of aliphatic imine (C=N–C) groups is 1. The number of nitrogens with one attached hydrogen (secondary N) is 1. The molecule has 2 aliphatic carbocycles. The van der Waals surface area contributed by atoms with Crippen LogP contribution in [0.5, 0.6) is 0 Å². The second kappa shape index (κ2) is 3.58. The van der Waals surface area contributed by atoms with Crippen molar-refractivity contribution in [2.45, 2.75) is 64.5 Å². The number of amides is 1. The zero-order valence-electron chi connectivity index (χ0n) is 11.9. The Morgan fingerprint density at radius 3 is 2.72 bits per heavy atom. The molecule has 5 atom stereocenters. The summed E-state index contributed by atoms with van der Waals surface area (Å²) in [5, 5.41) is 3.26. The number of fused-ring (bicyclic) bond motifs is 2. The molecule has 3 bridgehead atoms. The van der Waals surface area contributed by atoms with Crippen LogP contribution in [0.15, 0.2) is 4.99 Å². The van der Waals surface area contributed by atoms with E-state index < -0.39 is 0 Å². The molecule has 0 aromatic heterocycles. The Hall–Kier alpha value is -0.860. The molecule has 18 heavy (non-hydrogen) atoms. The van der Waals surface area contributed by atoms with Gasteiger partial charge < -0.3 is 5.32 Å². The third-order valence-electron chi connectivity index (χ3n) is 5.92. The summed E-state index contributed by atoms with van der Waals surface area (Å²) in [4.78, 5) is 16.6. The molecule has 3 aliphatic rings. The molecule has 1 heterocycles. The standard InChI is InChI=1S/C15H24N2O/c1-9-13-8-12-7-11(5-6-14(12,3)16-9)15(13,4)17-10(2)18/h11-13H,5-8H2,1-4H3,(H,17,18)/t11-,12-,13+,14-,15+/m1/s1. The van der Waals surface area contributed by atoms with Gasteiger partial charge in [-0.2, -0.15) is 0 Å². The molecule has 1 aliphatic heterocycles. The summed E-state index contributed by atoms with van der Waals surface area (Å²) in [6.07, 6.45) is 4.83. The maximum absolute atomic E-state index is 11.6. The van der Waals surface area contributed by atoms with Gasteiger partial charge in [0.05, 0.1) is 5.54 Å². The van der Waals surface area contributed by atoms with E-state index in [-0.39, 0.29) is 17.0 Å². The van der Waals surface area contributed by atoms with Crippen molar-refractivity contribution in [1.82, 2.24) is 5.32 Å². The van der Waals surface area contributed by atoms with Crippen LogP contribution in [-0.2, 0) is 4.79 Å². The van der Waals surface area contributed by atoms with Crippen LogP contribution in [0.25, 0.3) is 0 Å². The van der Waals surface area contributed by atoms with Crippen molar-refractivity contribution < 1.29 is 4.79 Å². The molecule has 2 saturated carbocycles. The largest absolute Gasteiger partial charge is 0.350 e. The lowest BCUT2D eigenvalue weighted by Gasteiger charge is -2.60. The van der Waals surface area contributed by atoms with Crippen LogP contribution >= 0.6 is 0 Å². The first-order valence-corrected chi connectivity index (χ1v) is 7.20. The van der Waals surface area contributed by atoms with E-state index in [9.17, 15) is 4.79 Å². The van der Waals surface area contributed by atoms with Crippen molar-refractivity contribution in [3.8, 4) is 0 Å². The van der Waals surface area contributed by atoms with Crippen molar-refractivity contribution >= 4 is 11.6 Å². The predicted molar refractivity (Wildman–Crippen MR) is 72.7 cm³/mol. The fraction of sp³-hybridized carbons (Fsp3) is 0.867. The van der Waals surface area contributed by atoms with Crippen LogP contribution in [-0.4, -0.2) is 22.7 Å². The lowest BCUT2D eigenvalue weighted by atomic mass is 9.51. The summed E-state index contributed by atoms with van der Waals surface area (Å²) in [5.74, 6) is 1.90. The Bertz CT molecular complexity index is 430. The van der Waals surface area contributed by atoms with Gasteiger partial charge in [-0.1, -0.05) is 0 Å². The maximum atomic E-state index is 11.6. The van der Waals surface area contributed by atoms with E-state index in [0.29, 0.717) is 11.8 Å². The summed E-state index contributed by atoms with van der Waals surface area (Å²) >= 11 is 0. The van der Waals surface area contributed by atoms with Crippen LogP contribution < -0.4 is 5.32 Å². The molecular weight excluding hydrogens is 224 g/mol. The molecule has 1 N–H and O–H groups in total. The molecule has 3 heteroatoms. The zero-order valence-corrected chi connectivity index (χ0v) is 11.9. The highest BCUT2D eigenvalue weighted by Gasteiger charge is 2.57. The van der Waals surface area contributed by atoms with Gasteiger partial charge in [-0.25, -0.2) is 0 Å². The Kier molecular flexibility index (Phi) is 2.43. The van der Waals surface area contributed by atoms with Gasteiger partial charge in [0.2, 0.25) is 5.91 Å². The normalized spacial score (nSPS) is 49.8. The van der Waals surface area contributed by atoms with Gasteiger partial charge in [0.25, 0.3) is 0 Å². The smallest absolute Gasteiger partial charge is 0.217 e. The maximum Gasteiger partial charge on any atom is 0.217 e. The highest BCUT2D eigenvalue weighted by atomic mass is 16.1. The van der Waals surface area contributed by atoms with E-state index in [1.807, 2.05) is 0 Å². The van der Waals surface area contributed by atoms with Crippen molar-refractivity contribution in [1.29, 1.82) is 0 Å². The molecule has 2 fully saturated rings. The van der Waals surface area contributed by atoms with Crippen molar-refractivity contribution in [3.63, 3.8) is 0 Å². The minimum atomic E-state index is -0.0718. The zero-order chi connectivity index (χ0) is 13.1. The number of rotatable bonds is 1. The quantitative estimate of drug-likeness (QED) is 0.761. The summed E-state index contributed by atoms with van der Waals surface area (Å²) in [7, 11) is 0. The third kappa shape index (κ3) is 1.49. The number of nitrogens with zero attached hydrogens (tertiary/aromatic N) is 1. The first-order valence-electron chi connectivity index (χ1n) is 7.20. The lowest BCUT2D eigenvalue weighted by molar-refractivity contribution is -0.123. The third-order valence-corrected chi connectivity index (χ3v) is 5.92. The highest BCUT2D eigenvalue weighted by molar-refractivity contribution is 5.88. The average Bonchev–Trinajstić information content (AvgIpc) is 2.25. The van der Waals surface area contributed by atoms with Gasteiger partial charge in [0.15, 0.2) is 0 Å². The molecule has 0 saturated heterocycles. The van der Waals surface area contributed by atoms with Crippen molar-refractivity contribution in [2.24, 2.45) is 22.7 Å². The van der Waals surface area contributed by atoms with E-state index in [1.54, 1.807) is 6.92 Å². The SMILES string of the molecule is CC(=O)N[C@@]1(C)[C@@H]2CC[C@@]3(C)N=C(C)[C@@H]1C[C@H]3C2. The molecule has 100 valence electrons. The molecule has 0 radical (unpaired) electrons. The van der Waals surface area contributed by atoms with Gasteiger partial charge in [-0.3, -0.25) is 9.79 Å². The molecular formula is C15H24N2O. The van der Waals surface area contributed by atoms with E-state index in [2.05, 4.69) is 26.1 Å². The summed E-state index contributed by atoms with van der Waals surface area (Å²) in [6, 6.07) is 0. The average molecular weight is 248 g/mol. The minimum Gasteiger partial charge on any atom is -0.350 e. The number of carbonyl (C=O) groups is 1. The van der Waals surface area contributed by atoms with Crippen molar-refractivity contribution in [3.05, 3.63) is 0 Å². The van der Waals surface area contributed by atoms with Gasteiger partial charge in [-0.15, -0.1) is 0 Å². The van der Waals surface area contributed by atoms with Crippen LogP contribution in [0.1, 0.15) is 53.4 Å². The van der Waals surface area contributed by atoms with Gasteiger partial charge >= 0.3 is 0 Å². The van der Waals surface area contributed by atoms with E-state index in [4.69, 9.17) is 4.99 Å². The van der Waals surface area contributed by atoms with E-state index >= 15 is 0 Å². The monoisotopic (exact) mass is 248 g/mol. The number of hydrogen-bond donors (Lipinski definition) is 1. The number of hydrogen-bond acceptors (Lipinski definition) is 2. The lowest BCUT2D eigenvalue weighted by Crippen LogP contribution is -2.66. The van der Waals surface area contributed by atoms with Crippen LogP contribution in [0, 0.1) is 17.8 Å². The molecule has 3 rings (SSSR count). The van der Waals surface area contributed by atoms with Crippen molar-refractivity contribution in [2.75, 3.05) is 0 Å². The number of carbonyl (C=O) groups excluding carboxylic acids is 1. The van der Waals surface area contributed by atoms with Gasteiger partial charge in [0, 0.05) is 24.1 Å².